The standard InChI is InChI=1S/C43H27NS/c1-43(2)33-15-6-3-10-24(33)31-22-32-25-11-4-7-16-35(25)44(37(32)23-34(31)43)36-20-18-30-40-26(13-9-14-28(36)40)27-19-21-39-42(41(27)30)29-12-5-8-17-38(29)45-39/h3-23H,1-2H3. The van der Waals surface area contributed by atoms with E-state index in [9.17, 15) is 0 Å². The highest BCUT2D eigenvalue weighted by atomic mass is 32.1. The van der Waals surface area contributed by atoms with E-state index in [1.165, 1.54) is 103 Å². The lowest BCUT2D eigenvalue weighted by Gasteiger charge is -2.22. The third-order valence-electron chi connectivity index (χ3n) is 10.7. The van der Waals surface area contributed by atoms with E-state index in [1.54, 1.807) is 0 Å². The molecule has 0 bridgehead atoms. The van der Waals surface area contributed by atoms with Crippen molar-refractivity contribution in [2.24, 2.45) is 0 Å². The van der Waals surface area contributed by atoms with Gasteiger partial charge >= 0.3 is 0 Å². The Bertz CT molecular complexity index is 2790. The van der Waals surface area contributed by atoms with Gasteiger partial charge in [-0.1, -0.05) is 105 Å². The lowest BCUT2D eigenvalue weighted by Crippen LogP contribution is -2.15. The predicted molar refractivity (Wildman–Crippen MR) is 193 cm³/mol. The van der Waals surface area contributed by atoms with Gasteiger partial charge in [-0.3, -0.25) is 0 Å². The van der Waals surface area contributed by atoms with Crippen LogP contribution in [0.5, 0.6) is 0 Å². The average Bonchev–Trinajstić information content (AvgIpc) is 3.77. The summed E-state index contributed by atoms with van der Waals surface area (Å²) in [5, 5.41) is 8.05. The maximum absolute atomic E-state index is 2.53. The Balaban J connectivity index is 1.24. The van der Waals surface area contributed by atoms with Crippen LogP contribution in [0.1, 0.15) is 25.0 Å². The summed E-state index contributed by atoms with van der Waals surface area (Å²) in [6, 6.07) is 48.1. The Morgan fingerprint density at radius 3 is 2.16 bits per heavy atom. The van der Waals surface area contributed by atoms with Crippen molar-refractivity contribution >= 4 is 64.1 Å². The van der Waals surface area contributed by atoms with Gasteiger partial charge in [-0.25, -0.2) is 0 Å². The van der Waals surface area contributed by atoms with Gasteiger partial charge in [0.1, 0.15) is 0 Å². The van der Waals surface area contributed by atoms with Crippen molar-refractivity contribution < 1.29 is 0 Å². The second-order valence-corrected chi connectivity index (χ2v) is 14.3. The van der Waals surface area contributed by atoms with Gasteiger partial charge in [0, 0.05) is 41.7 Å². The van der Waals surface area contributed by atoms with E-state index in [1.807, 2.05) is 11.3 Å². The maximum Gasteiger partial charge on any atom is 0.0544 e. The van der Waals surface area contributed by atoms with E-state index in [2.05, 4.69) is 146 Å². The van der Waals surface area contributed by atoms with Crippen LogP contribution in [0.15, 0.2) is 127 Å². The Hall–Kier alpha value is -5.18. The minimum Gasteiger partial charge on any atom is -0.309 e. The van der Waals surface area contributed by atoms with Crippen molar-refractivity contribution in [1.82, 2.24) is 4.57 Å². The summed E-state index contributed by atoms with van der Waals surface area (Å²) in [5.74, 6) is 0. The first-order valence-electron chi connectivity index (χ1n) is 15.8. The average molecular weight is 590 g/mol. The van der Waals surface area contributed by atoms with Crippen LogP contribution in [0.2, 0.25) is 0 Å². The van der Waals surface area contributed by atoms with Crippen molar-refractivity contribution in [3.8, 4) is 39.1 Å². The minimum atomic E-state index is -0.0558. The first-order chi connectivity index (χ1) is 22.1. The predicted octanol–water partition coefficient (Wildman–Crippen LogP) is 12.3. The Kier molecular flexibility index (Phi) is 4.35. The number of fused-ring (bicyclic) bond motifs is 13. The second-order valence-electron chi connectivity index (χ2n) is 13.3. The van der Waals surface area contributed by atoms with Gasteiger partial charge in [-0.15, -0.1) is 11.3 Å². The molecule has 2 heteroatoms. The van der Waals surface area contributed by atoms with Crippen LogP contribution in [0.3, 0.4) is 0 Å². The molecule has 1 nitrogen and oxygen atoms in total. The molecule has 9 aromatic rings. The number of benzene rings is 7. The molecule has 0 fully saturated rings. The fourth-order valence-electron chi connectivity index (χ4n) is 8.76. The summed E-state index contributed by atoms with van der Waals surface area (Å²) in [6.07, 6.45) is 0. The van der Waals surface area contributed by atoms with Crippen molar-refractivity contribution in [2.45, 2.75) is 19.3 Å². The number of aromatic nitrogens is 1. The van der Waals surface area contributed by atoms with Gasteiger partial charge in [0.15, 0.2) is 0 Å². The highest BCUT2D eigenvalue weighted by Crippen LogP contribution is 2.55. The normalized spacial score (nSPS) is 14.2. The highest BCUT2D eigenvalue weighted by Gasteiger charge is 2.36. The quantitative estimate of drug-likeness (QED) is 0.179. The highest BCUT2D eigenvalue weighted by molar-refractivity contribution is 7.26. The number of nitrogens with zero attached hydrogens (tertiary/aromatic N) is 1. The largest absolute Gasteiger partial charge is 0.309 e. The monoisotopic (exact) mass is 589 g/mol. The molecule has 0 unspecified atom stereocenters. The fourth-order valence-corrected chi connectivity index (χ4v) is 9.88. The SMILES string of the molecule is CC1(C)c2ccccc2-c2cc3c4ccccc4n(-c4ccc5c6c(cccc46)-c4ccc6sc7ccccc7c6c4-5)c3cc21. The molecule has 7 aromatic carbocycles. The van der Waals surface area contributed by atoms with Gasteiger partial charge in [0.2, 0.25) is 0 Å². The summed E-state index contributed by atoms with van der Waals surface area (Å²) >= 11 is 1.90. The summed E-state index contributed by atoms with van der Waals surface area (Å²) in [6.45, 7) is 4.75. The number of rotatable bonds is 1. The van der Waals surface area contributed by atoms with Crippen LogP contribution >= 0.6 is 11.3 Å². The molecule has 0 N–H and O–H groups in total. The lowest BCUT2D eigenvalue weighted by atomic mass is 9.82. The van der Waals surface area contributed by atoms with Gasteiger partial charge in [0.05, 0.1) is 16.7 Å². The third kappa shape index (κ3) is 2.85. The Morgan fingerprint density at radius 1 is 0.467 bits per heavy atom. The molecule has 0 amide bonds. The summed E-state index contributed by atoms with van der Waals surface area (Å²) in [7, 11) is 0. The van der Waals surface area contributed by atoms with Crippen molar-refractivity contribution in [3.63, 3.8) is 0 Å². The van der Waals surface area contributed by atoms with Gasteiger partial charge < -0.3 is 4.57 Å². The van der Waals surface area contributed by atoms with Crippen LogP contribution in [-0.2, 0) is 5.41 Å². The molecule has 45 heavy (non-hydrogen) atoms. The van der Waals surface area contributed by atoms with E-state index in [4.69, 9.17) is 0 Å². The van der Waals surface area contributed by atoms with Crippen LogP contribution in [0.25, 0.3) is 91.8 Å². The number of thiophene rings is 1. The molecule has 2 aliphatic carbocycles. The van der Waals surface area contributed by atoms with Crippen LogP contribution < -0.4 is 0 Å². The van der Waals surface area contributed by atoms with Gasteiger partial charge in [0.25, 0.3) is 0 Å². The molecule has 2 heterocycles. The van der Waals surface area contributed by atoms with E-state index in [-0.39, 0.29) is 5.41 Å². The molecular formula is C43H27NS. The molecule has 0 saturated carbocycles. The van der Waals surface area contributed by atoms with Crippen LogP contribution in [-0.4, -0.2) is 4.57 Å². The molecule has 0 spiro atoms. The molecule has 210 valence electrons. The molecule has 11 rings (SSSR count). The molecule has 0 radical (unpaired) electrons. The first-order valence-corrected chi connectivity index (χ1v) is 16.6. The molecule has 0 aliphatic heterocycles. The van der Waals surface area contributed by atoms with Crippen molar-refractivity contribution in [1.29, 1.82) is 0 Å². The number of hydrogen-bond donors (Lipinski definition) is 0. The zero-order chi connectivity index (χ0) is 29.6. The Morgan fingerprint density at radius 2 is 1.22 bits per heavy atom. The lowest BCUT2D eigenvalue weighted by molar-refractivity contribution is 0.661. The zero-order valence-corrected chi connectivity index (χ0v) is 25.8. The molecule has 0 atom stereocenters. The molecule has 2 aromatic heterocycles. The topological polar surface area (TPSA) is 4.93 Å². The molecule has 0 saturated heterocycles. The maximum atomic E-state index is 2.53. The van der Waals surface area contributed by atoms with E-state index in [0.717, 1.165) is 0 Å². The summed E-state index contributed by atoms with van der Waals surface area (Å²) < 4.78 is 5.25. The van der Waals surface area contributed by atoms with E-state index < -0.39 is 0 Å². The summed E-state index contributed by atoms with van der Waals surface area (Å²) in [5.41, 5.74) is 14.7. The molecular weight excluding hydrogens is 563 g/mol. The smallest absolute Gasteiger partial charge is 0.0544 e. The Labute approximate surface area is 264 Å². The van der Waals surface area contributed by atoms with E-state index in [0.29, 0.717) is 0 Å². The minimum absolute atomic E-state index is 0.0558. The van der Waals surface area contributed by atoms with Crippen molar-refractivity contribution in [2.75, 3.05) is 0 Å². The van der Waals surface area contributed by atoms with Crippen LogP contribution in [0.4, 0.5) is 0 Å². The zero-order valence-electron chi connectivity index (χ0n) is 25.0. The first kappa shape index (κ1) is 24.2. The second kappa shape index (κ2) is 8.10. The van der Waals surface area contributed by atoms with Crippen molar-refractivity contribution in [3.05, 3.63) is 139 Å². The van der Waals surface area contributed by atoms with Gasteiger partial charge in [-0.2, -0.15) is 0 Å². The van der Waals surface area contributed by atoms with Gasteiger partial charge in [-0.05, 0) is 86.3 Å². The third-order valence-corrected chi connectivity index (χ3v) is 11.9. The number of para-hydroxylation sites is 1. The molecule has 2 aliphatic rings. The fraction of sp³-hybridized carbons (Fsp3) is 0.0698. The van der Waals surface area contributed by atoms with E-state index >= 15 is 0 Å². The van der Waals surface area contributed by atoms with Crippen LogP contribution in [0, 0.1) is 0 Å². The number of hydrogen-bond acceptors (Lipinski definition) is 1. The summed E-state index contributed by atoms with van der Waals surface area (Å²) in [4.78, 5) is 0.